The van der Waals surface area contributed by atoms with Crippen LogP contribution in [0.3, 0.4) is 0 Å². The first-order valence-electron chi connectivity index (χ1n) is 7.02. The quantitative estimate of drug-likeness (QED) is 0.781. The molecule has 2 N–H and O–H groups in total. The largest absolute Gasteiger partial charge is 0.352 e. The number of hydrogen-bond donors (Lipinski definition) is 2. The molecule has 0 unspecified atom stereocenters. The summed E-state index contributed by atoms with van der Waals surface area (Å²) in [6, 6.07) is 2.93. The van der Waals surface area contributed by atoms with Gasteiger partial charge in [0.05, 0.1) is 17.5 Å². The first-order chi connectivity index (χ1) is 10.1. The van der Waals surface area contributed by atoms with Gasteiger partial charge in [-0.3, -0.25) is 9.59 Å². The third-order valence-electron chi connectivity index (χ3n) is 3.20. The lowest BCUT2D eigenvalue weighted by Gasteiger charge is -2.05. The first-order valence-corrected chi connectivity index (χ1v) is 7.02. The van der Waals surface area contributed by atoms with Gasteiger partial charge in [-0.1, -0.05) is 19.8 Å². The smallest absolute Gasteiger partial charge is 0.264 e. The number of aromatic nitrogens is 4. The molecular weight excluding hydrogens is 270 g/mol. The van der Waals surface area contributed by atoms with Gasteiger partial charge in [-0.05, 0) is 19.4 Å². The van der Waals surface area contributed by atoms with Gasteiger partial charge in [-0.2, -0.15) is 10.2 Å². The van der Waals surface area contributed by atoms with Gasteiger partial charge in [-0.15, -0.1) is 0 Å². The molecule has 0 bridgehead atoms. The van der Waals surface area contributed by atoms with Gasteiger partial charge >= 0.3 is 0 Å². The minimum atomic E-state index is -0.280. The Morgan fingerprint density at radius 1 is 1.38 bits per heavy atom. The van der Waals surface area contributed by atoms with Crippen molar-refractivity contribution in [3.05, 3.63) is 39.9 Å². The van der Waals surface area contributed by atoms with Crippen LogP contribution in [0.15, 0.2) is 23.1 Å². The molecule has 0 fully saturated rings. The van der Waals surface area contributed by atoms with Crippen molar-refractivity contribution < 1.29 is 4.79 Å². The molecule has 0 aliphatic carbocycles. The molecule has 1 amide bonds. The van der Waals surface area contributed by atoms with Crippen LogP contribution in [0.1, 0.15) is 42.2 Å². The van der Waals surface area contributed by atoms with Gasteiger partial charge in [0.2, 0.25) is 0 Å². The number of nitrogens with one attached hydrogen (secondary N) is 2. The first kappa shape index (κ1) is 15.0. The normalized spacial score (nSPS) is 10.6. The second-order valence-electron chi connectivity index (χ2n) is 4.80. The highest BCUT2D eigenvalue weighted by Crippen LogP contribution is 2.11. The van der Waals surface area contributed by atoms with E-state index in [1.54, 1.807) is 13.0 Å². The van der Waals surface area contributed by atoms with E-state index in [0.29, 0.717) is 23.6 Å². The monoisotopic (exact) mass is 289 g/mol. The fourth-order valence-electron chi connectivity index (χ4n) is 1.99. The number of carbonyl (C=O) groups is 1. The van der Waals surface area contributed by atoms with Crippen molar-refractivity contribution in [2.45, 2.75) is 33.1 Å². The number of unbranched alkanes of at least 4 members (excludes halogenated alkanes) is 2. The van der Waals surface area contributed by atoms with E-state index in [9.17, 15) is 9.59 Å². The molecule has 112 valence electrons. The molecule has 0 atom stereocenters. The highest BCUT2D eigenvalue weighted by atomic mass is 16.1. The summed E-state index contributed by atoms with van der Waals surface area (Å²) < 4.78 is 1.52. The highest BCUT2D eigenvalue weighted by Gasteiger charge is 2.15. The third kappa shape index (κ3) is 3.56. The van der Waals surface area contributed by atoms with E-state index >= 15 is 0 Å². The van der Waals surface area contributed by atoms with E-state index in [1.165, 1.54) is 16.9 Å². The van der Waals surface area contributed by atoms with Gasteiger partial charge in [-0.25, -0.2) is 9.78 Å². The molecule has 2 aromatic rings. The summed E-state index contributed by atoms with van der Waals surface area (Å²) in [5.74, 6) is 0.330. The molecule has 0 spiro atoms. The molecular formula is C14H19N5O2. The third-order valence-corrected chi connectivity index (χ3v) is 3.20. The van der Waals surface area contributed by atoms with Crippen LogP contribution in [-0.2, 0) is 0 Å². The van der Waals surface area contributed by atoms with E-state index in [-0.39, 0.29) is 11.5 Å². The molecule has 21 heavy (non-hydrogen) atoms. The summed E-state index contributed by atoms with van der Waals surface area (Å²) in [5, 5.41) is 13.3. The van der Waals surface area contributed by atoms with Crippen LogP contribution in [-0.4, -0.2) is 32.4 Å². The van der Waals surface area contributed by atoms with Crippen LogP contribution in [0.2, 0.25) is 0 Å². The van der Waals surface area contributed by atoms with E-state index < -0.39 is 0 Å². The van der Waals surface area contributed by atoms with Crippen LogP contribution < -0.4 is 10.9 Å². The van der Waals surface area contributed by atoms with Crippen molar-refractivity contribution in [1.29, 1.82) is 0 Å². The maximum Gasteiger partial charge on any atom is 0.264 e. The lowest BCUT2D eigenvalue weighted by molar-refractivity contribution is 0.0952. The molecule has 7 heteroatoms. The summed E-state index contributed by atoms with van der Waals surface area (Å²) in [5.41, 5.74) is 0.916. The number of amides is 1. The fraction of sp³-hybridized carbons (Fsp3) is 0.429. The Kier molecular flexibility index (Phi) is 4.86. The zero-order valence-corrected chi connectivity index (χ0v) is 12.2. The van der Waals surface area contributed by atoms with Crippen LogP contribution in [0.25, 0.3) is 5.82 Å². The number of nitrogens with zero attached hydrogens (tertiary/aromatic N) is 3. The Labute approximate surface area is 122 Å². The lowest BCUT2D eigenvalue weighted by Crippen LogP contribution is -2.25. The average molecular weight is 289 g/mol. The Balaban J connectivity index is 2.11. The predicted molar refractivity (Wildman–Crippen MR) is 78.6 cm³/mol. The van der Waals surface area contributed by atoms with E-state index in [1.807, 2.05) is 0 Å². The van der Waals surface area contributed by atoms with Crippen molar-refractivity contribution in [2.75, 3.05) is 6.54 Å². The van der Waals surface area contributed by atoms with E-state index in [0.717, 1.165) is 19.3 Å². The molecule has 0 aliphatic rings. The minimum absolute atomic E-state index is 0.140. The van der Waals surface area contributed by atoms with Crippen molar-refractivity contribution in [3.8, 4) is 5.82 Å². The maximum absolute atomic E-state index is 12.1. The fourth-order valence-corrected chi connectivity index (χ4v) is 1.99. The lowest BCUT2D eigenvalue weighted by atomic mass is 10.2. The number of carbonyl (C=O) groups excluding carboxylic acids is 1. The standard InChI is InChI=1S/C14H19N5O2/c1-3-4-5-8-15-14(21)11-9-16-19(10(11)2)12-6-7-13(20)18-17-12/h6-7,9H,3-5,8H2,1-2H3,(H,15,21)(H,18,20). The number of H-pyrrole nitrogens is 1. The molecule has 0 aromatic carbocycles. The topological polar surface area (TPSA) is 92.7 Å². The Bertz CT molecular complexity index is 654. The second kappa shape index (κ2) is 6.83. The Morgan fingerprint density at radius 3 is 2.86 bits per heavy atom. The molecule has 0 radical (unpaired) electrons. The van der Waals surface area contributed by atoms with E-state index in [4.69, 9.17) is 0 Å². The number of hydrogen-bond acceptors (Lipinski definition) is 4. The number of rotatable bonds is 6. The molecule has 0 saturated heterocycles. The van der Waals surface area contributed by atoms with Gasteiger partial charge in [0.15, 0.2) is 5.82 Å². The summed E-state index contributed by atoms with van der Waals surface area (Å²) >= 11 is 0. The zero-order valence-electron chi connectivity index (χ0n) is 12.2. The van der Waals surface area contributed by atoms with Crippen LogP contribution >= 0.6 is 0 Å². The van der Waals surface area contributed by atoms with Gasteiger partial charge in [0.25, 0.3) is 11.5 Å². The van der Waals surface area contributed by atoms with Crippen molar-refractivity contribution in [1.82, 2.24) is 25.3 Å². The molecule has 7 nitrogen and oxygen atoms in total. The van der Waals surface area contributed by atoms with Gasteiger partial charge < -0.3 is 5.32 Å². The summed E-state index contributed by atoms with van der Waals surface area (Å²) in [4.78, 5) is 23.1. The van der Waals surface area contributed by atoms with Crippen molar-refractivity contribution >= 4 is 5.91 Å². The predicted octanol–water partition coefficient (Wildman–Crippen LogP) is 1.18. The summed E-state index contributed by atoms with van der Waals surface area (Å²) in [7, 11) is 0. The van der Waals surface area contributed by atoms with Crippen LogP contribution in [0.4, 0.5) is 0 Å². The van der Waals surface area contributed by atoms with E-state index in [2.05, 4.69) is 27.5 Å². The average Bonchev–Trinajstić information content (AvgIpc) is 2.86. The number of aromatic amines is 1. The van der Waals surface area contributed by atoms with Gasteiger partial charge in [0.1, 0.15) is 0 Å². The highest BCUT2D eigenvalue weighted by molar-refractivity contribution is 5.95. The summed E-state index contributed by atoms with van der Waals surface area (Å²) in [6.07, 6.45) is 4.69. The molecule has 2 heterocycles. The molecule has 2 aromatic heterocycles. The van der Waals surface area contributed by atoms with Crippen molar-refractivity contribution in [3.63, 3.8) is 0 Å². The SMILES string of the molecule is CCCCCNC(=O)c1cnn(-c2ccc(=O)[nH]n2)c1C. The second-order valence-corrected chi connectivity index (χ2v) is 4.80. The minimum Gasteiger partial charge on any atom is -0.352 e. The van der Waals surface area contributed by atoms with Crippen LogP contribution in [0.5, 0.6) is 0 Å². The molecule has 0 saturated carbocycles. The molecule has 2 rings (SSSR count). The summed E-state index contributed by atoms with van der Waals surface area (Å²) in [6.45, 7) is 4.57. The van der Waals surface area contributed by atoms with Crippen molar-refractivity contribution in [2.24, 2.45) is 0 Å². The zero-order chi connectivity index (χ0) is 15.2. The Morgan fingerprint density at radius 2 is 2.19 bits per heavy atom. The Hall–Kier alpha value is -2.44. The van der Waals surface area contributed by atoms with Gasteiger partial charge in [0, 0.05) is 12.6 Å². The van der Waals surface area contributed by atoms with Crippen LogP contribution in [0, 0.1) is 6.92 Å². The maximum atomic E-state index is 12.1. The molecule has 0 aliphatic heterocycles.